The van der Waals surface area contributed by atoms with Crippen molar-refractivity contribution in [3.63, 3.8) is 0 Å². The number of carbonyl (C=O) groups is 2. The van der Waals surface area contributed by atoms with Crippen LogP contribution in [0.5, 0.6) is 5.75 Å². The molecule has 0 aromatic heterocycles. The number of amides is 2. The molecule has 2 amide bonds. The zero-order valence-corrected chi connectivity index (χ0v) is 27.6. The number of carbonyl (C=O) groups excluding carboxylic acids is 2. The van der Waals surface area contributed by atoms with E-state index >= 15 is 0 Å². The molecule has 4 rings (SSSR count). The molecule has 242 valence electrons. The molecule has 8 nitrogen and oxygen atoms in total. The number of rotatable bonds is 12. The molecule has 0 bridgehead atoms. The molecule has 0 heterocycles. The highest BCUT2D eigenvalue weighted by Gasteiger charge is 2.35. The lowest BCUT2D eigenvalue weighted by Crippen LogP contribution is -2.56. The molecule has 0 saturated heterocycles. The van der Waals surface area contributed by atoms with E-state index in [1.54, 1.807) is 30.3 Å². The second kappa shape index (κ2) is 14.6. The predicted molar refractivity (Wildman–Crippen MR) is 177 cm³/mol. The largest absolute Gasteiger partial charge is 0.497 e. The Morgan fingerprint density at radius 3 is 2.11 bits per heavy atom. The second-order valence-electron chi connectivity index (χ2n) is 12.1. The first-order chi connectivity index (χ1) is 21.8. The second-order valence-corrected chi connectivity index (χ2v) is 14.0. The van der Waals surface area contributed by atoms with Crippen LogP contribution in [0.1, 0.15) is 37.5 Å². The summed E-state index contributed by atoms with van der Waals surface area (Å²) < 4.78 is 48.5. The lowest BCUT2D eigenvalue weighted by molar-refractivity contribution is -0.140. The molecule has 0 aliphatic heterocycles. The first kappa shape index (κ1) is 34.2. The molecule has 0 radical (unpaired) electrons. The number of benzene rings is 4. The minimum absolute atomic E-state index is 0.00701. The van der Waals surface area contributed by atoms with E-state index in [1.165, 1.54) is 36.3 Å². The molecule has 0 unspecified atom stereocenters. The van der Waals surface area contributed by atoms with Crippen LogP contribution in [0.15, 0.2) is 108 Å². The summed E-state index contributed by atoms with van der Waals surface area (Å²) in [6.45, 7) is 6.74. The van der Waals surface area contributed by atoms with Crippen LogP contribution < -0.4 is 14.4 Å². The number of hydrogen-bond donors (Lipinski definition) is 1. The van der Waals surface area contributed by atoms with Crippen molar-refractivity contribution in [3.05, 3.63) is 126 Å². The maximum atomic E-state index is 14.5. The first-order valence-corrected chi connectivity index (χ1v) is 16.3. The fraction of sp³-hybridized carbons (Fsp3) is 0.278. The zero-order valence-electron chi connectivity index (χ0n) is 26.7. The van der Waals surface area contributed by atoms with Crippen molar-refractivity contribution in [2.24, 2.45) is 0 Å². The van der Waals surface area contributed by atoms with Crippen LogP contribution in [0.3, 0.4) is 0 Å². The minimum atomic E-state index is -4.29. The minimum Gasteiger partial charge on any atom is -0.497 e. The summed E-state index contributed by atoms with van der Waals surface area (Å²) >= 11 is 0. The van der Waals surface area contributed by atoms with Crippen molar-refractivity contribution < 1.29 is 27.1 Å². The molecule has 0 aliphatic rings. The van der Waals surface area contributed by atoms with Gasteiger partial charge in [0.1, 0.15) is 24.2 Å². The van der Waals surface area contributed by atoms with E-state index in [0.29, 0.717) is 11.3 Å². The van der Waals surface area contributed by atoms with Gasteiger partial charge < -0.3 is 15.0 Å². The number of ether oxygens (including phenoxy) is 1. The van der Waals surface area contributed by atoms with E-state index in [4.69, 9.17) is 4.74 Å². The van der Waals surface area contributed by atoms with Gasteiger partial charge in [0.2, 0.25) is 11.8 Å². The number of anilines is 1. The van der Waals surface area contributed by atoms with Gasteiger partial charge in [-0.15, -0.1) is 0 Å². The number of nitrogens with zero attached hydrogens (tertiary/aromatic N) is 2. The maximum Gasteiger partial charge on any atom is 0.264 e. The molecule has 0 aliphatic carbocycles. The Balaban J connectivity index is 1.82. The van der Waals surface area contributed by atoms with E-state index in [2.05, 4.69) is 5.32 Å². The van der Waals surface area contributed by atoms with Crippen molar-refractivity contribution in [2.45, 2.75) is 57.1 Å². The fourth-order valence-corrected chi connectivity index (χ4v) is 6.36. The van der Waals surface area contributed by atoms with Crippen LogP contribution in [0.25, 0.3) is 0 Å². The third-order valence-electron chi connectivity index (χ3n) is 7.26. The Morgan fingerprint density at radius 2 is 1.50 bits per heavy atom. The molecule has 46 heavy (non-hydrogen) atoms. The highest BCUT2D eigenvalue weighted by Crippen LogP contribution is 2.26. The molecule has 4 aromatic carbocycles. The standard InChI is InChI=1S/C36H40FN3O5S/c1-26-14-20-32(21-15-26)46(43,44)40(30-18-16-29(37)17-19-30)25-34(41)39(24-28-12-9-13-31(22-28)45-5)33(35(42)38-36(2,3)4)23-27-10-7-6-8-11-27/h6-22,33H,23-25H2,1-5H3,(H,38,42)/t33-/m0/s1. The van der Waals surface area contributed by atoms with Crippen LogP contribution in [-0.2, 0) is 32.6 Å². The van der Waals surface area contributed by atoms with Crippen molar-refractivity contribution in [1.82, 2.24) is 10.2 Å². The number of aryl methyl sites for hydroxylation is 1. The summed E-state index contributed by atoms with van der Waals surface area (Å²) in [5, 5.41) is 3.00. The van der Waals surface area contributed by atoms with Gasteiger partial charge in [0.05, 0.1) is 17.7 Å². The van der Waals surface area contributed by atoms with Gasteiger partial charge in [-0.3, -0.25) is 13.9 Å². The van der Waals surface area contributed by atoms with Gasteiger partial charge in [-0.1, -0.05) is 60.2 Å². The summed E-state index contributed by atoms with van der Waals surface area (Å²) in [5.41, 5.74) is 1.87. The maximum absolute atomic E-state index is 14.5. The van der Waals surface area contributed by atoms with Crippen LogP contribution in [0.2, 0.25) is 0 Å². The van der Waals surface area contributed by atoms with Crippen molar-refractivity contribution in [2.75, 3.05) is 18.0 Å². The Labute approximate surface area is 270 Å². The summed E-state index contributed by atoms with van der Waals surface area (Å²) in [6.07, 6.45) is 0.180. The molecule has 10 heteroatoms. The van der Waals surface area contributed by atoms with Crippen molar-refractivity contribution >= 4 is 27.5 Å². The SMILES string of the molecule is COc1cccc(CN(C(=O)CN(c2ccc(F)cc2)S(=O)(=O)c2ccc(C)cc2)[C@@H](Cc2ccccc2)C(=O)NC(C)(C)C)c1. The van der Waals surface area contributed by atoms with E-state index in [0.717, 1.165) is 27.6 Å². The number of methoxy groups -OCH3 is 1. The number of sulfonamides is 1. The lowest BCUT2D eigenvalue weighted by atomic mass is 10.0. The van der Waals surface area contributed by atoms with Gasteiger partial charge in [-0.25, -0.2) is 12.8 Å². The Bertz CT molecular complexity index is 1740. The molecule has 4 aromatic rings. The zero-order chi connectivity index (χ0) is 33.5. The molecule has 0 fully saturated rings. The number of halogens is 1. The Hall–Kier alpha value is -4.70. The smallest absolute Gasteiger partial charge is 0.264 e. The van der Waals surface area contributed by atoms with E-state index in [1.807, 2.05) is 64.1 Å². The summed E-state index contributed by atoms with van der Waals surface area (Å²) in [5.74, 6) is -0.988. The van der Waals surface area contributed by atoms with Gasteiger partial charge in [0, 0.05) is 18.5 Å². The lowest BCUT2D eigenvalue weighted by Gasteiger charge is -2.35. The van der Waals surface area contributed by atoms with E-state index in [-0.39, 0.29) is 29.5 Å². The summed E-state index contributed by atoms with van der Waals surface area (Å²) in [6, 6.07) is 26.6. The van der Waals surface area contributed by atoms with Gasteiger partial charge >= 0.3 is 0 Å². The quantitative estimate of drug-likeness (QED) is 0.207. The van der Waals surface area contributed by atoms with Crippen molar-refractivity contribution in [1.29, 1.82) is 0 Å². The Kier molecular flexibility index (Phi) is 10.8. The third kappa shape index (κ3) is 8.94. The fourth-order valence-electron chi connectivity index (χ4n) is 4.95. The van der Waals surface area contributed by atoms with Crippen LogP contribution in [0.4, 0.5) is 10.1 Å². The highest BCUT2D eigenvalue weighted by molar-refractivity contribution is 7.92. The molecule has 1 atom stereocenters. The van der Waals surface area contributed by atoms with Crippen molar-refractivity contribution in [3.8, 4) is 5.75 Å². The molecule has 1 N–H and O–H groups in total. The first-order valence-electron chi connectivity index (χ1n) is 14.9. The van der Waals surface area contributed by atoms with Gasteiger partial charge in [-0.05, 0) is 87.4 Å². The van der Waals surface area contributed by atoms with Gasteiger partial charge in [0.15, 0.2) is 0 Å². The topological polar surface area (TPSA) is 96.0 Å². The summed E-state index contributed by atoms with van der Waals surface area (Å²) in [4.78, 5) is 29.9. The average molecular weight is 646 g/mol. The van der Waals surface area contributed by atoms with Gasteiger partial charge in [0.25, 0.3) is 10.0 Å². The average Bonchev–Trinajstić information content (AvgIpc) is 3.02. The van der Waals surface area contributed by atoms with Crippen LogP contribution in [0, 0.1) is 12.7 Å². The van der Waals surface area contributed by atoms with Crippen LogP contribution in [-0.4, -0.2) is 50.4 Å². The predicted octanol–water partition coefficient (Wildman–Crippen LogP) is 5.89. The van der Waals surface area contributed by atoms with E-state index < -0.39 is 39.9 Å². The molecule has 0 saturated carbocycles. The molecular weight excluding hydrogens is 605 g/mol. The molecular formula is C36H40FN3O5S. The molecule has 0 spiro atoms. The third-order valence-corrected chi connectivity index (χ3v) is 9.05. The number of nitrogens with one attached hydrogen (secondary N) is 1. The van der Waals surface area contributed by atoms with E-state index in [9.17, 15) is 22.4 Å². The highest BCUT2D eigenvalue weighted by atomic mass is 32.2. The summed E-state index contributed by atoms with van der Waals surface area (Å²) in [7, 11) is -2.75. The number of hydrogen-bond acceptors (Lipinski definition) is 5. The Morgan fingerprint density at radius 1 is 0.870 bits per heavy atom. The monoisotopic (exact) mass is 645 g/mol. The normalized spacial score (nSPS) is 12.2. The van der Waals surface area contributed by atoms with Gasteiger partial charge in [-0.2, -0.15) is 0 Å². The van der Waals surface area contributed by atoms with Crippen LogP contribution >= 0.6 is 0 Å².